The van der Waals surface area contributed by atoms with Gasteiger partial charge < -0.3 is 10.1 Å². The zero-order valence-electron chi connectivity index (χ0n) is 13.2. The molecule has 0 spiro atoms. The monoisotopic (exact) mass is 302 g/mol. The lowest BCUT2D eigenvalue weighted by Gasteiger charge is -2.18. The Morgan fingerprint density at radius 3 is 2.45 bits per heavy atom. The summed E-state index contributed by atoms with van der Waals surface area (Å²) in [6.45, 7) is 11.1. The van der Waals surface area contributed by atoms with Crippen molar-refractivity contribution in [2.45, 2.75) is 19.4 Å². The molecule has 0 aliphatic rings. The molecule has 1 aromatic carbocycles. The Morgan fingerprint density at radius 2 is 1.82 bits per heavy atom. The third kappa shape index (κ3) is 8.27. The predicted molar refractivity (Wildman–Crippen MR) is 90.7 cm³/mol. The first kappa shape index (κ1) is 18.0. The van der Waals surface area contributed by atoms with E-state index in [1.807, 2.05) is 42.5 Å². The molecule has 0 heterocycles. The Labute approximate surface area is 133 Å². The molecular weight excluding hydrogens is 276 g/mol. The number of nitrogens with one attached hydrogen (secondary N) is 1. The van der Waals surface area contributed by atoms with Crippen LogP contribution in [0.1, 0.15) is 18.4 Å². The summed E-state index contributed by atoms with van der Waals surface area (Å²) in [6, 6.07) is 9.65. The van der Waals surface area contributed by atoms with E-state index in [0.717, 1.165) is 38.0 Å². The molecule has 0 fully saturated rings. The molecule has 22 heavy (non-hydrogen) atoms. The number of hydrogen-bond donors (Lipinski definition) is 1. The largest absolute Gasteiger partial charge is 0.445 e. The lowest BCUT2D eigenvalue weighted by atomic mass is 10.2. The Hall–Kier alpha value is -2.07. The van der Waals surface area contributed by atoms with E-state index >= 15 is 0 Å². The van der Waals surface area contributed by atoms with Crippen LogP contribution in [0.5, 0.6) is 0 Å². The summed E-state index contributed by atoms with van der Waals surface area (Å²) in [6.07, 6.45) is 5.36. The first-order chi connectivity index (χ1) is 10.8. The third-order valence-corrected chi connectivity index (χ3v) is 3.16. The van der Waals surface area contributed by atoms with Gasteiger partial charge in [0.2, 0.25) is 0 Å². The Bertz CT molecular complexity index is 436. The number of carbonyl (C=O) groups excluding carboxylic acids is 1. The van der Waals surface area contributed by atoms with E-state index in [4.69, 9.17) is 4.74 Å². The number of ether oxygens (including phenoxy) is 1. The van der Waals surface area contributed by atoms with Crippen molar-refractivity contribution < 1.29 is 9.53 Å². The lowest BCUT2D eigenvalue weighted by molar-refractivity contribution is 0.139. The van der Waals surface area contributed by atoms with Gasteiger partial charge in [-0.25, -0.2) is 4.79 Å². The molecule has 4 nitrogen and oxygen atoms in total. The second-order valence-corrected chi connectivity index (χ2v) is 5.03. The van der Waals surface area contributed by atoms with Crippen LogP contribution in [0.25, 0.3) is 0 Å². The van der Waals surface area contributed by atoms with Gasteiger partial charge in [0.15, 0.2) is 0 Å². The lowest BCUT2D eigenvalue weighted by Crippen LogP contribution is -2.28. The number of alkyl carbamates (subject to hydrolysis) is 1. The molecule has 1 amide bonds. The van der Waals surface area contributed by atoms with Gasteiger partial charge in [0.1, 0.15) is 6.61 Å². The summed E-state index contributed by atoms with van der Waals surface area (Å²) < 4.78 is 5.15. The zero-order chi connectivity index (χ0) is 16.0. The van der Waals surface area contributed by atoms with E-state index in [2.05, 4.69) is 23.4 Å². The number of amides is 1. The van der Waals surface area contributed by atoms with Crippen LogP contribution in [-0.4, -0.2) is 37.2 Å². The van der Waals surface area contributed by atoms with Crippen LogP contribution >= 0.6 is 0 Å². The maximum Gasteiger partial charge on any atom is 0.407 e. The first-order valence-corrected chi connectivity index (χ1v) is 7.65. The van der Waals surface area contributed by atoms with Gasteiger partial charge in [0.05, 0.1) is 0 Å². The van der Waals surface area contributed by atoms with E-state index in [9.17, 15) is 4.79 Å². The highest BCUT2D eigenvalue weighted by atomic mass is 16.5. The van der Waals surface area contributed by atoms with E-state index in [0.29, 0.717) is 13.2 Å². The third-order valence-electron chi connectivity index (χ3n) is 3.16. The van der Waals surface area contributed by atoms with E-state index in [1.165, 1.54) is 0 Å². The molecule has 0 bridgehead atoms. The SMILES string of the molecule is C=CCN(CC=C)CCCCNC(=O)OCc1ccccc1. The van der Waals surface area contributed by atoms with Gasteiger partial charge in [-0.3, -0.25) is 4.90 Å². The highest BCUT2D eigenvalue weighted by Gasteiger charge is 2.03. The average Bonchev–Trinajstić information content (AvgIpc) is 2.54. The second kappa shape index (κ2) is 11.6. The number of benzene rings is 1. The zero-order valence-corrected chi connectivity index (χ0v) is 13.2. The van der Waals surface area contributed by atoms with Gasteiger partial charge in [-0.05, 0) is 24.9 Å². The van der Waals surface area contributed by atoms with Gasteiger partial charge in [-0.2, -0.15) is 0 Å². The molecule has 0 aromatic heterocycles. The normalized spacial score (nSPS) is 10.2. The van der Waals surface area contributed by atoms with E-state index < -0.39 is 0 Å². The van der Waals surface area contributed by atoms with Crippen molar-refractivity contribution in [1.82, 2.24) is 10.2 Å². The fourth-order valence-corrected chi connectivity index (χ4v) is 2.05. The van der Waals surface area contributed by atoms with Crippen LogP contribution in [0.4, 0.5) is 4.79 Å². The van der Waals surface area contributed by atoms with Crippen LogP contribution in [-0.2, 0) is 11.3 Å². The van der Waals surface area contributed by atoms with Crippen molar-refractivity contribution in [3.8, 4) is 0 Å². The summed E-state index contributed by atoms with van der Waals surface area (Å²) in [4.78, 5) is 13.8. The summed E-state index contributed by atoms with van der Waals surface area (Å²) >= 11 is 0. The summed E-state index contributed by atoms with van der Waals surface area (Å²) in [5.41, 5.74) is 0.988. The summed E-state index contributed by atoms with van der Waals surface area (Å²) in [7, 11) is 0. The molecule has 1 rings (SSSR count). The Balaban J connectivity index is 2.07. The molecule has 120 valence electrons. The molecule has 1 N–H and O–H groups in total. The Kier molecular flexibility index (Phi) is 9.46. The van der Waals surface area contributed by atoms with Crippen molar-refractivity contribution in [3.05, 3.63) is 61.2 Å². The highest BCUT2D eigenvalue weighted by molar-refractivity contribution is 5.67. The molecule has 0 aliphatic heterocycles. The molecule has 0 unspecified atom stereocenters. The van der Waals surface area contributed by atoms with Crippen LogP contribution in [0, 0.1) is 0 Å². The van der Waals surface area contributed by atoms with Crippen LogP contribution in [0.15, 0.2) is 55.6 Å². The smallest absolute Gasteiger partial charge is 0.407 e. The topological polar surface area (TPSA) is 41.6 Å². The van der Waals surface area contributed by atoms with Gasteiger partial charge in [0, 0.05) is 19.6 Å². The van der Waals surface area contributed by atoms with Crippen molar-refractivity contribution in [2.75, 3.05) is 26.2 Å². The average molecular weight is 302 g/mol. The molecule has 0 radical (unpaired) electrons. The Morgan fingerprint density at radius 1 is 1.14 bits per heavy atom. The van der Waals surface area contributed by atoms with Gasteiger partial charge >= 0.3 is 6.09 Å². The van der Waals surface area contributed by atoms with E-state index in [-0.39, 0.29) is 6.09 Å². The van der Waals surface area contributed by atoms with Crippen LogP contribution < -0.4 is 5.32 Å². The first-order valence-electron chi connectivity index (χ1n) is 7.65. The molecule has 0 saturated carbocycles. The van der Waals surface area contributed by atoms with Crippen molar-refractivity contribution in [1.29, 1.82) is 0 Å². The number of hydrogen-bond acceptors (Lipinski definition) is 3. The fraction of sp³-hybridized carbons (Fsp3) is 0.389. The minimum Gasteiger partial charge on any atom is -0.445 e. The second-order valence-electron chi connectivity index (χ2n) is 5.03. The summed E-state index contributed by atoms with van der Waals surface area (Å²) in [5, 5.41) is 2.77. The van der Waals surface area contributed by atoms with Crippen LogP contribution in [0.3, 0.4) is 0 Å². The standard InChI is InChI=1S/C18H26N2O2/c1-3-13-20(14-4-2)15-9-8-12-19-18(21)22-16-17-10-6-5-7-11-17/h3-7,10-11H,1-2,8-9,12-16H2,(H,19,21). The number of carbonyl (C=O) groups is 1. The quantitative estimate of drug-likeness (QED) is 0.503. The fourth-order valence-electron chi connectivity index (χ4n) is 2.05. The number of nitrogens with zero attached hydrogens (tertiary/aromatic N) is 1. The van der Waals surface area contributed by atoms with Gasteiger partial charge in [0.25, 0.3) is 0 Å². The maximum absolute atomic E-state index is 11.5. The minimum absolute atomic E-state index is 0.305. The summed E-state index contributed by atoms with van der Waals surface area (Å²) in [5.74, 6) is 0. The highest BCUT2D eigenvalue weighted by Crippen LogP contribution is 2.00. The number of rotatable bonds is 11. The molecule has 1 aromatic rings. The van der Waals surface area contributed by atoms with Crippen LogP contribution in [0.2, 0.25) is 0 Å². The molecular formula is C18H26N2O2. The van der Waals surface area contributed by atoms with Crippen molar-refractivity contribution in [2.24, 2.45) is 0 Å². The minimum atomic E-state index is -0.363. The van der Waals surface area contributed by atoms with Crippen molar-refractivity contribution >= 4 is 6.09 Å². The van der Waals surface area contributed by atoms with E-state index in [1.54, 1.807) is 0 Å². The van der Waals surface area contributed by atoms with Crippen molar-refractivity contribution in [3.63, 3.8) is 0 Å². The maximum atomic E-state index is 11.5. The molecule has 0 saturated heterocycles. The predicted octanol–water partition coefficient (Wildman–Crippen LogP) is 3.37. The molecule has 0 aliphatic carbocycles. The number of unbranched alkanes of at least 4 members (excludes halogenated alkanes) is 1. The molecule has 4 heteroatoms. The molecule has 0 atom stereocenters. The van der Waals surface area contributed by atoms with Gasteiger partial charge in [-0.1, -0.05) is 42.5 Å². The van der Waals surface area contributed by atoms with Gasteiger partial charge in [-0.15, -0.1) is 13.2 Å².